The Morgan fingerprint density at radius 2 is 1.95 bits per heavy atom. The fourth-order valence-corrected chi connectivity index (χ4v) is 1.58. The first kappa shape index (κ1) is 15.2. The maximum absolute atomic E-state index is 11.4. The summed E-state index contributed by atoms with van der Waals surface area (Å²) in [6.45, 7) is 4.88. The molecule has 0 bridgehead atoms. The Bertz CT molecular complexity index is 418. The fourth-order valence-electron chi connectivity index (χ4n) is 1.58. The summed E-state index contributed by atoms with van der Waals surface area (Å²) in [5.41, 5.74) is 1.34. The molecule has 0 aromatic heterocycles. The number of allylic oxidation sites excluding steroid dienone is 3. The van der Waals surface area contributed by atoms with E-state index in [9.17, 15) is 4.79 Å². The van der Waals surface area contributed by atoms with E-state index < -0.39 is 0 Å². The summed E-state index contributed by atoms with van der Waals surface area (Å²) in [6.07, 6.45) is 9.39. The zero-order valence-corrected chi connectivity index (χ0v) is 11.8. The molecule has 1 amide bonds. The van der Waals surface area contributed by atoms with Gasteiger partial charge in [0.05, 0.1) is 0 Å². The second-order valence-corrected chi connectivity index (χ2v) is 4.95. The maximum Gasteiger partial charge on any atom is 0.243 e. The number of hydrogen-bond acceptors (Lipinski definition) is 1. The van der Waals surface area contributed by atoms with Crippen molar-refractivity contribution in [2.75, 3.05) is 6.54 Å². The lowest BCUT2D eigenvalue weighted by Gasteiger charge is -2.03. The van der Waals surface area contributed by atoms with Gasteiger partial charge in [0.2, 0.25) is 5.91 Å². The summed E-state index contributed by atoms with van der Waals surface area (Å²) in [5.74, 6) is 0.458. The van der Waals surface area contributed by atoms with Gasteiger partial charge in [-0.25, -0.2) is 0 Å². The summed E-state index contributed by atoms with van der Waals surface area (Å²) >= 11 is 0. The Kier molecular flexibility index (Phi) is 7.33. The quantitative estimate of drug-likeness (QED) is 0.588. The van der Waals surface area contributed by atoms with Crippen molar-refractivity contribution in [2.24, 2.45) is 5.92 Å². The normalized spacial score (nSPS) is 11.5. The van der Waals surface area contributed by atoms with E-state index in [1.54, 1.807) is 12.2 Å². The molecule has 1 rings (SSSR count). The van der Waals surface area contributed by atoms with E-state index >= 15 is 0 Å². The summed E-state index contributed by atoms with van der Waals surface area (Å²) in [6, 6.07) is 10.4. The molecule has 0 radical (unpaired) electrons. The highest BCUT2D eigenvalue weighted by Crippen LogP contribution is 2.02. The number of carbonyl (C=O) groups excluding carboxylic acids is 1. The predicted octanol–water partition coefficient (Wildman–Crippen LogP) is 3.50. The number of nitrogens with one attached hydrogen (secondary N) is 1. The smallest absolute Gasteiger partial charge is 0.243 e. The van der Waals surface area contributed by atoms with Crippen molar-refractivity contribution in [3.8, 4) is 0 Å². The Hall–Kier alpha value is -1.83. The van der Waals surface area contributed by atoms with Crippen molar-refractivity contribution < 1.29 is 4.79 Å². The Balaban J connectivity index is 2.17. The van der Waals surface area contributed by atoms with Gasteiger partial charge in [0.25, 0.3) is 0 Å². The van der Waals surface area contributed by atoms with E-state index in [1.165, 1.54) is 5.56 Å². The van der Waals surface area contributed by atoms with Crippen molar-refractivity contribution in [1.82, 2.24) is 5.32 Å². The van der Waals surface area contributed by atoms with Crippen LogP contribution >= 0.6 is 0 Å². The van der Waals surface area contributed by atoms with Crippen LogP contribution in [0.4, 0.5) is 0 Å². The van der Waals surface area contributed by atoms with Crippen LogP contribution in [0.1, 0.15) is 25.8 Å². The van der Waals surface area contributed by atoms with Gasteiger partial charge in [0.15, 0.2) is 0 Å². The molecule has 19 heavy (non-hydrogen) atoms. The topological polar surface area (TPSA) is 29.1 Å². The van der Waals surface area contributed by atoms with Crippen LogP contribution in [0.15, 0.2) is 54.6 Å². The highest BCUT2D eigenvalue weighted by Gasteiger charge is 1.95. The van der Waals surface area contributed by atoms with E-state index in [1.807, 2.05) is 12.1 Å². The zero-order valence-electron chi connectivity index (χ0n) is 11.8. The van der Waals surface area contributed by atoms with Crippen LogP contribution in [-0.4, -0.2) is 12.5 Å². The average Bonchev–Trinajstić information content (AvgIpc) is 2.41. The third-order valence-electron chi connectivity index (χ3n) is 2.62. The minimum Gasteiger partial charge on any atom is -0.352 e. The lowest BCUT2D eigenvalue weighted by atomic mass is 10.1. The summed E-state index contributed by atoms with van der Waals surface area (Å²) in [7, 11) is 0. The van der Waals surface area contributed by atoms with Crippen molar-refractivity contribution in [3.05, 3.63) is 60.2 Å². The number of benzene rings is 1. The summed E-state index contributed by atoms with van der Waals surface area (Å²) in [5, 5.41) is 2.84. The van der Waals surface area contributed by atoms with Crippen molar-refractivity contribution in [2.45, 2.75) is 26.7 Å². The SMILES string of the molecule is CC(C)CNC(=O)C=CC=CCCc1ccccc1. The molecule has 0 heterocycles. The predicted molar refractivity (Wildman–Crippen MR) is 80.9 cm³/mol. The van der Waals surface area contributed by atoms with Crippen LogP contribution in [0.2, 0.25) is 0 Å². The Labute approximate surface area is 116 Å². The number of amides is 1. The standard InChI is InChI=1S/C17H23NO/c1-15(2)14-18-17(19)13-9-4-3-6-10-16-11-7-5-8-12-16/h3-5,7-9,11-13,15H,6,10,14H2,1-2H3,(H,18,19). The molecule has 102 valence electrons. The lowest BCUT2D eigenvalue weighted by Crippen LogP contribution is -2.25. The molecule has 0 atom stereocenters. The Morgan fingerprint density at radius 1 is 1.21 bits per heavy atom. The first-order valence-electron chi connectivity index (χ1n) is 6.83. The van der Waals surface area contributed by atoms with Gasteiger partial charge < -0.3 is 5.32 Å². The van der Waals surface area contributed by atoms with Crippen molar-refractivity contribution in [3.63, 3.8) is 0 Å². The molecule has 1 aromatic rings. The second kappa shape index (κ2) is 9.15. The molecule has 0 saturated carbocycles. The highest BCUT2D eigenvalue weighted by atomic mass is 16.1. The van der Waals surface area contributed by atoms with E-state index in [4.69, 9.17) is 0 Å². The minimum atomic E-state index is -0.0265. The lowest BCUT2D eigenvalue weighted by molar-refractivity contribution is -0.116. The van der Waals surface area contributed by atoms with Gasteiger partial charge in [-0.1, -0.05) is 62.4 Å². The molecule has 0 aliphatic rings. The molecule has 2 heteroatoms. The fraction of sp³-hybridized carbons (Fsp3) is 0.353. The van der Waals surface area contributed by atoms with Gasteiger partial charge in [-0.3, -0.25) is 4.79 Å². The van der Waals surface area contributed by atoms with Gasteiger partial charge in [-0.2, -0.15) is 0 Å². The van der Waals surface area contributed by atoms with E-state index in [0.717, 1.165) is 19.4 Å². The Morgan fingerprint density at radius 3 is 2.63 bits per heavy atom. The monoisotopic (exact) mass is 257 g/mol. The molecule has 0 fully saturated rings. The largest absolute Gasteiger partial charge is 0.352 e. The number of hydrogen-bond donors (Lipinski definition) is 1. The number of aryl methyl sites for hydroxylation is 1. The van der Waals surface area contributed by atoms with Gasteiger partial charge in [0.1, 0.15) is 0 Å². The molecular weight excluding hydrogens is 234 g/mol. The second-order valence-electron chi connectivity index (χ2n) is 4.95. The van der Waals surface area contributed by atoms with Crippen LogP contribution < -0.4 is 5.32 Å². The van der Waals surface area contributed by atoms with Crippen LogP contribution in [0.25, 0.3) is 0 Å². The third-order valence-corrected chi connectivity index (χ3v) is 2.62. The first-order valence-corrected chi connectivity index (χ1v) is 6.83. The third kappa shape index (κ3) is 7.98. The molecule has 1 aromatic carbocycles. The number of carbonyl (C=O) groups is 1. The molecular formula is C17H23NO. The zero-order chi connectivity index (χ0) is 13.9. The van der Waals surface area contributed by atoms with Crippen LogP contribution in [0.3, 0.4) is 0 Å². The highest BCUT2D eigenvalue weighted by molar-refractivity contribution is 5.87. The maximum atomic E-state index is 11.4. The number of rotatable bonds is 7. The van der Waals surface area contributed by atoms with Crippen molar-refractivity contribution >= 4 is 5.91 Å². The van der Waals surface area contributed by atoms with Gasteiger partial charge >= 0.3 is 0 Å². The minimum absolute atomic E-state index is 0.0265. The molecule has 1 N–H and O–H groups in total. The van der Waals surface area contributed by atoms with E-state index in [-0.39, 0.29) is 5.91 Å². The summed E-state index contributed by atoms with van der Waals surface area (Å²) < 4.78 is 0. The van der Waals surface area contributed by atoms with Crippen LogP contribution in [-0.2, 0) is 11.2 Å². The molecule has 0 aliphatic carbocycles. The summed E-state index contributed by atoms with van der Waals surface area (Å²) in [4.78, 5) is 11.4. The molecule has 2 nitrogen and oxygen atoms in total. The molecule has 0 spiro atoms. The average molecular weight is 257 g/mol. The first-order chi connectivity index (χ1) is 9.18. The van der Waals surface area contributed by atoms with Gasteiger partial charge in [0, 0.05) is 12.6 Å². The van der Waals surface area contributed by atoms with Gasteiger partial charge in [-0.15, -0.1) is 0 Å². The van der Waals surface area contributed by atoms with E-state index in [0.29, 0.717) is 5.92 Å². The van der Waals surface area contributed by atoms with Crippen LogP contribution in [0.5, 0.6) is 0 Å². The molecule has 0 saturated heterocycles. The van der Waals surface area contributed by atoms with Gasteiger partial charge in [-0.05, 0) is 24.3 Å². The molecule has 0 unspecified atom stereocenters. The molecule has 0 aliphatic heterocycles. The van der Waals surface area contributed by atoms with E-state index in [2.05, 4.69) is 49.5 Å². The van der Waals surface area contributed by atoms with Crippen LogP contribution in [0, 0.1) is 5.92 Å². The van der Waals surface area contributed by atoms with Crippen molar-refractivity contribution in [1.29, 1.82) is 0 Å².